The Bertz CT molecular complexity index is 406. The highest BCUT2D eigenvalue weighted by molar-refractivity contribution is 5.92. The van der Waals surface area contributed by atoms with E-state index in [4.69, 9.17) is 23.7 Å². The second-order valence-electron chi connectivity index (χ2n) is 3.71. The number of carboxylic acids is 1. The molecule has 0 aromatic carbocycles. The molecule has 0 radical (unpaired) electrons. The van der Waals surface area contributed by atoms with Gasteiger partial charge in [-0.15, -0.1) is 0 Å². The maximum Gasteiger partial charge on any atom is 0.339 e. The Labute approximate surface area is 111 Å². The number of methoxy groups -OCH3 is 5. The summed E-state index contributed by atoms with van der Waals surface area (Å²) in [5, 5.41) is 9.25. The van der Waals surface area contributed by atoms with Crippen molar-refractivity contribution in [3.63, 3.8) is 0 Å². The summed E-state index contributed by atoms with van der Waals surface area (Å²) in [6.45, 7) is 0. The number of carbonyl (C=O) groups is 1. The fourth-order valence-corrected chi connectivity index (χ4v) is 2.03. The molecule has 0 heterocycles. The van der Waals surface area contributed by atoms with E-state index >= 15 is 0 Å². The molecule has 1 aliphatic rings. The molecule has 0 bridgehead atoms. The summed E-state index contributed by atoms with van der Waals surface area (Å²) in [6.07, 6.45) is 0.510. The van der Waals surface area contributed by atoms with Crippen LogP contribution >= 0.6 is 0 Å². The summed E-state index contributed by atoms with van der Waals surface area (Å²) in [4.78, 5) is 11.3. The third-order valence-corrected chi connectivity index (χ3v) is 2.95. The van der Waals surface area contributed by atoms with Crippen molar-refractivity contribution in [2.24, 2.45) is 0 Å². The first-order valence-corrected chi connectivity index (χ1v) is 5.43. The van der Waals surface area contributed by atoms with Crippen molar-refractivity contribution in [2.45, 2.75) is 11.9 Å². The van der Waals surface area contributed by atoms with E-state index in [1.54, 1.807) is 0 Å². The molecule has 1 aliphatic carbocycles. The molecule has 0 saturated carbocycles. The van der Waals surface area contributed by atoms with Crippen molar-refractivity contribution in [3.05, 3.63) is 23.2 Å². The Hall–Kier alpha value is -1.57. The molecule has 0 spiro atoms. The number of ether oxygens (including phenoxy) is 5. The summed E-state index contributed by atoms with van der Waals surface area (Å²) in [5.41, 5.74) is -0.114. The van der Waals surface area contributed by atoms with E-state index < -0.39 is 17.9 Å². The molecule has 108 valence electrons. The van der Waals surface area contributed by atoms with Crippen molar-refractivity contribution >= 4 is 5.97 Å². The van der Waals surface area contributed by atoms with Crippen LogP contribution in [0.1, 0.15) is 0 Å². The van der Waals surface area contributed by atoms with Crippen LogP contribution in [-0.4, -0.2) is 58.5 Å². The van der Waals surface area contributed by atoms with Crippen LogP contribution in [0.4, 0.5) is 0 Å². The van der Waals surface area contributed by atoms with E-state index in [0.717, 1.165) is 0 Å². The summed E-state index contributed by atoms with van der Waals surface area (Å²) < 4.78 is 26.2. The van der Waals surface area contributed by atoms with Gasteiger partial charge in [-0.1, -0.05) is 0 Å². The predicted octanol–water partition coefficient (Wildman–Crippen LogP) is 0.520. The molecule has 0 amide bonds. The minimum atomic E-state index is -1.39. The Balaban J connectivity index is 3.50. The fourth-order valence-electron chi connectivity index (χ4n) is 2.03. The topological polar surface area (TPSA) is 83.5 Å². The van der Waals surface area contributed by atoms with E-state index in [9.17, 15) is 9.90 Å². The van der Waals surface area contributed by atoms with Gasteiger partial charge in [0.2, 0.25) is 5.79 Å². The zero-order chi connectivity index (χ0) is 14.6. The molecule has 1 N–H and O–H groups in total. The number of aliphatic carboxylic acids is 1. The molecule has 0 aromatic heterocycles. The van der Waals surface area contributed by atoms with Gasteiger partial charge in [-0.3, -0.25) is 0 Å². The average Bonchev–Trinajstić information content (AvgIpc) is 2.44. The monoisotopic (exact) mass is 274 g/mol. The third-order valence-electron chi connectivity index (χ3n) is 2.95. The highest BCUT2D eigenvalue weighted by Gasteiger charge is 2.48. The number of rotatable bonds is 6. The zero-order valence-electron chi connectivity index (χ0n) is 11.6. The molecule has 0 aromatic rings. The Morgan fingerprint density at radius 1 is 1.16 bits per heavy atom. The van der Waals surface area contributed by atoms with E-state index in [1.807, 2.05) is 0 Å². The second kappa shape index (κ2) is 6.05. The van der Waals surface area contributed by atoms with Crippen LogP contribution in [-0.2, 0) is 28.5 Å². The molecule has 7 nitrogen and oxygen atoms in total. The number of hydrogen-bond donors (Lipinski definition) is 1. The summed E-state index contributed by atoms with van der Waals surface area (Å²) in [7, 11) is 6.95. The van der Waals surface area contributed by atoms with Crippen molar-refractivity contribution in [2.75, 3.05) is 35.5 Å². The van der Waals surface area contributed by atoms with Crippen LogP contribution < -0.4 is 0 Å². The van der Waals surface area contributed by atoms with E-state index in [0.29, 0.717) is 0 Å². The van der Waals surface area contributed by atoms with E-state index in [1.165, 1.54) is 41.6 Å². The van der Waals surface area contributed by atoms with Gasteiger partial charge in [-0.2, -0.15) is 0 Å². The van der Waals surface area contributed by atoms with Gasteiger partial charge in [0.1, 0.15) is 5.57 Å². The van der Waals surface area contributed by atoms with Crippen LogP contribution in [0.2, 0.25) is 0 Å². The smallest absolute Gasteiger partial charge is 0.339 e. The first kappa shape index (κ1) is 15.5. The van der Waals surface area contributed by atoms with Gasteiger partial charge in [0.05, 0.1) is 14.2 Å². The van der Waals surface area contributed by atoms with Crippen LogP contribution in [0.5, 0.6) is 0 Å². The first-order chi connectivity index (χ1) is 9.01. The van der Waals surface area contributed by atoms with E-state index in [2.05, 4.69) is 0 Å². The fraction of sp³-hybridized carbons (Fsp3) is 0.583. The van der Waals surface area contributed by atoms with Gasteiger partial charge >= 0.3 is 5.97 Å². The van der Waals surface area contributed by atoms with Gasteiger partial charge in [0, 0.05) is 21.3 Å². The van der Waals surface area contributed by atoms with E-state index in [-0.39, 0.29) is 17.1 Å². The lowest BCUT2D eigenvalue weighted by Crippen LogP contribution is -2.50. The lowest BCUT2D eigenvalue weighted by molar-refractivity contribution is -0.233. The largest absolute Gasteiger partial charge is 0.494 e. The lowest BCUT2D eigenvalue weighted by Gasteiger charge is -2.38. The van der Waals surface area contributed by atoms with Crippen molar-refractivity contribution in [3.8, 4) is 0 Å². The maximum absolute atomic E-state index is 11.3. The molecule has 1 rings (SSSR count). The quantitative estimate of drug-likeness (QED) is 0.707. The van der Waals surface area contributed by atoms with Crippen molar-refractivity contribution < 1.29 is 33.6 Å². The predicted molar refractivity (Wildman–Crippen MR) is 64.3 cm³/mol. The molecule has 0 fully saturated rings. The minimum Gasteiger partial charge on any atom is -0.494 e. The molecule has 0 aliphatic heterocycles. The minimum absolute atomic E-state index is 0.0755. The Morgan fingerprint density at radius 3 is 2.05 bits per heavy atom. The average molecular weight is 274 g/mol. The van der Waals surface area contributed by atoms with Crippen molar-refractivity contribution in [1.82, 2.24) is 0 Å². The van der Waals surface area contributed by atoms with Crippen LogP contribution in [0.3, 0.4) is 0 Å². The third kappa shape index (κ3) is 2.44. The zero-order valence-corrected chi connectivity index (χ0v) is 11.6. The van der Waals surface area contributed by atoms with Crippen molar-refractivity contribution in [1.29, 1.82) is 0 Å². The SMILES string of the molecule is COC1=C(OC)C(OC)C(OC)(OC)C=C1C(=O)O. The highest BCUT2D eigenvalue weighted by atomic mass is 16.7. The normalized spacial score (nSPS) is 21.9. The highest BCUT2D eigenvalue weighted by Crippen LogP contribution is 2.37. The molecule has 7 heteroatoms. The first-order valence-electron chi connectivity index (χ1n) is 5.43. The lowest BCUT2D eigenvalue weighted by atomic mass is 9.94. The second-order valence-corrected chi connectivity index (χ2v) is 3.71. The molecular formula is C12H18O7. The Kier molecular flexibility index (Phi) is 4.93. The number of hydrogen-bond acceptors (Lipinski definition) is 6. The molecule has 1 unspecified atom stereocenters. The van der Waals surface area contributed by atoms with Gasteiger partial charge < -0.3 is 28.8 Å². The molecule has 1 atom stereocenters. The molecule has 0 saturated heterocycles. The van der Waals surface area contributed by atoms with Crippen LogP contribution in [0.15, 0.2) is 23.2 Å². The summed E-state index contributed by atoms with van der Waals surface area (Å²) in [6, 6.07) is 0. The van der Waals surface area contributed by atoms with Gasteiger partial charge in [-0.05, 0) is 6.08 Å². The molecular weight excluding hydrogens is 256 g/mol. The summed E-state index contributed by atoms with van der Waals surface area (Å²) in [5.74, 6) is -2.31. The van der Waals surface area contributed by atoms with Crippen LogP contribution in [0, 0.1) is 0 Å². The standard InChI is InChI=1S/C12H18O7/c1-15-8-7(11(13)14)6-12(18-4,19-5)10(17-3)9(8)16-2/h6,10H,1-5H3,(H,13,14). The number of carboxylic acid groups (broad SMARTS) is 1. The molecule has 19 heavy (non-hydrogen) atoms. The van der Waals surface area contributed by atoms with Gasteiger partial charge in [0.15, 0.2) is 17.6 Å². The summed E-state index contributed by atoms with van der Waals surface area (Å²) >= 11 is 0. The maximum atomic E-state index is 11.3. The van der Waals surface area contributed by atoms with Gasteiger partial charge in [0.25, 0.3) is 0 Å². The van der Waals surface area contributed by atoms with Gasteiger partial charge in [-0.25, -0.2) is 4.79 Å². The Morgan fingerprint density at radius 2 is 1.74 bits per heavy atom. The van der Waals surface area contributed by atoms with Crippen LogP contribution in [0.25, 0.3) is 0 Å².